The lowest BCUT2D eigenvalue weighted by atomic mass is 10.3. The number of hydrogen-bond acceptors (Lipinski definition) is 6. The third-order valence-corrected chi connectivity index (χ3v) is 3.96. The Balaban J connectivity index is 1.56. The minimum Gasteiger partial charge on any atom is -0.454 e. The lowest BCUT2D eigenvalue weighted by Crippen LogP contribution is -2.02. The Labute approximate surface area is 154 Å². The highest BCUT2D eigenvalue weighted by molar-refractivity contribution is 6.31. The Morgan fingerprint density at radius 2 is 1.73 bits per heavy atom. The number of ether oxygens (including phenoxy) is 2. The van der Waals surface area contributed by atoms with Crippen LogP contribution in [0, 0.1) is 12.7 Å². The van der Waals surface area contributed by atoms with Gasteiger partial charge < -0.3 is 20.1 Å². The molecule has 1 aromatic heterocycles. The lowest BCUT2D eigenvalue weighted by molar-refractivity contribution is 0.174. The predicted molar refractivity (Wildman–Crippen MR) is 97.3 cm³/mol. The van der Waals surface area contributed by atoms with Gasteiger partial charge in [0.05, 0.1) is 5.02 Å². The van der Waals surface area contributed by atoms with Gasteiger partial charge in [0, 0.05) is 29.2 Å². The average molecular weight is 373 g/mol. The van der Waals surface area contributed by atoms with Crippen molar-refractivity contribution in [1.82, 2.24) is 9.97 Å². The molecular weight excluding hydrogens is 359 g/mol. The van der Waals surface area contributed by atoms with Crippen LogP contribution in [0.15, 0.2) is 42.5 Å². The van der Waals surface area contributed by atoms with Crippen molar-refractivity contribution in [2.75, 3.05) is 17.4 Å². The van der Waals surface area contributed by atoms with Crippen LogP contribution < -0.4 is 20.1 Å². The van der Waals surface area contributed by atoms with Gasteiger partial charge in [0.15, 0.2) is 11.5 Å². The van der Waals surface area contributed by atoms with Crippen molar-refractivity contribution in [3.8, 4) is 11.5 Å². The summed E-state index contributed by atoms with van der Waals surface area (Å²) in [6.07, 6.45) is 0. The van der Waals surface area contributed by atoms with E-state index in [0.717, 1.165) is 11.4 Å². The van der Waals surface area contributed by atoms with Crippen LogP contribution in [0.25, 0.3) is 0 Å². The van der Waals surface area contributed by atoms with E-state index < -0.39 is 5.82 Å². The van der Waals surface area contributed by atoms with E-state index in [1.54, 1.807) is 12.1 Å². The first-order valence-corrected chi connectivity index (χ1v) is 8.19. The smallest absolute Gasteiger partial charge is 0.231 e. The SMILES string of the molecule is Cc1cc(Nc2ccc(F)c(Cl)c2)nc(Nc2ccc3c(c2)OCO3)n1. The molecular formula is C18H14ClFN4O2. The molecule has 0 saturated carbocycles. The molecule has 0 fully saturated rings. The minimum absolute atomic E-state index is 0.0412. The van der Waals surface area contributed by atoms with Gasteiger partial charge in [-0.05, 0) is 37.3 Å². The highest BCUT2D eigenvalue weighted by Crippen LogP contribution is 2.35. The van der Waals surface area contributed by atoms with E-state index in [1.807, 2.05) is 25.1 Å². The standard InChI is InChI=1S/C18H14ClFN4O2/c1-10-6-17(22-11-2-4-14(20)13(19)7-11)24-18(21-10)23-12-3-5-15-16(8-12)26-9-25-15/h2-8H,9H2,1H3,(H2,21,22,23,24). The predicted octanol–water partition coefficient (Wildman–Crippen LogP) is 4.79. The molecule has 0 spiro atoms. The molecule has 0 radical (unpaired) electrons. The maximum Gasteiger partial charge on any atom is 0.231 e. The van der Waals surface area contributed by atoms with Crippen LogP contribution in [-0.4, -0.2) is 16.8 Å². The summed E-state index contributed by atoms with van der Waals surface area (Å²) in [4.78, 5) is 8.80. The zero-order chi connectivity index (χ0) is 18.1. The molecule has 26 heavy (non-hydrogen) atoms. The van der Waals surface area contributed by atoms with Crippen LogP contribution in [-0.2, 0) is 0 Å². The van der Waals surface area contributed by atoms with Gasteiger partial charge in [-0.1, -0.05) is 11.6 Å². The average Bonchev–Trinajstić information content (AvgIpc) is 3.05. The maximum atomic E-state index is 13.3. The number of benzene rings is 2. The Morgan fingerprint density at radius 1 is 0.962 bits per heavy atom. The van der Waals surface area contributed by atoms with Crippen molar-refractivity contribution in [1.29, 1.82) is 0 Å². The zero-order valence-electron chi connectivity index (χ0n) is 13.7. The number of hydrogen-bond donors (Lipinski definition) is 2. The molecule has 0 amide bonds. The number of nitrogens with zero attached hydrogens (tertiary/aromatic N) is 2. The van der Waals surface area contributed by atoms with Gasteiger partial charge >= 0.3 is 0 Å². The molecule has 0 saturated heterocycles. The minimum atomic E-state index is -0.471. The third kappa shape index (κ3) is 3.48. The number of nitrogens with one attached hydrogen (secondary N) is 2. The van der Waals surface area contributed by atoms with E-state index in [-0.39, 0.29) is 11.8 Å². The van der Waals surface area contributed by atoms with Gasteiger partial charge in [-0.2, -0.15) is 4.98 Å². The number of aromatic nitrogens is 2. The van der Waals surface area contributed by atoms with Crippen molar-refractivity contribution < 1.29 is 13.9 Å². The lowest BCUT2D eigenvalue weighted by Gasteiger charge is -2.11. The van der Waals surface area contributed by atoms with E-state index in [0.29, 0.717) is 29.0 Å². The molecule has 1 aliphatic heterocycles. The fourth-order valence-corrected chi connectivity index (χ4v) is 2.69. The second-order valence-corrected chi connectivity index (χ2v) is 6.07. The van der Waals surface area contributed by atoms with Crippen molar-refractivity contribution in [3.63, 3.8) is 0 Å². The number of aryl methyl sites for hydroxylation is 1. The molecule has 132 valence electrons. The first-order chi connectivity index (χ1) is 12.6. The Kier molecular flexibility index (Phi) is 4.22. The van der Waals surface area contributed by atoms with Gasteiger partial charge in [-0.15, -0.1) is 0 Å². The van der Waals surface area contributed by atoms with Gasteiger partial charge in [-0.3, -0.25) is 0 Å². The van der Waals surface area contributed by atoms with Crippen molar-refractivity contribution in [2.24, 2.45) is 0 Å². The Hall–Kier alpha value is -3.06. The molecule has 0 atom stereocenters. The molecule has 8 heteroatoms. The molecule has 2 heterocycles. The van der Waals surface area contributed by atoms with Crippen LogP contribution >= 0.6 is 11.6 Å². The molecule has 0 aliphatic carbocycles. The summed E-state index contributed by atoms with van der Waals surface area (Å²) < 4.78 is 24.0. The van der Waals surface area contributed by atoms with Crippen LogP contribution in [0.4, 0.5) is 27.5 Å². The fourth-order valence-electron chi connectivity index (χ4n) is 2.51. The summed E-state index contributed by atoms with van der Waals surface area (Å²) in [5, 5.41) is 6.27. The quantitative estimate of drug-likeness (QED) is 0.686. The maximum absolute atomic E-state index is 13.3. The van der Waals surface area contributed by atoms with Gasteiger partial charge in [0.25, 0.3) is 0 Å². The Bertz CT molecular complexity index is 983. The Morgan fingerprint density at radius 3 is 2.58 bits per heavy atom. The summed E-state index contributed by atoms with van der Waals surface area (Å²) >= 11 is 5.81. The largest absolute Gasteiger partial charge is 0.454 e. The molecule has 6 nitrogen and oxygen atoms in total. The fraction of sp³-hybridized carbons (Fsp3) is 0.111. The first kappa shape index (κ1) is 16.4. The monoisotopic (exact) mass is 372 g/mol. The van der Waals surface area contributed by atoms with Crippen LogP contribution in [0.2, 0.25) is 5.02 Å². The van der Waals surface area contributed by atoms with E-state index in [2.05, 4.69) is 20.6 Å². The van der Waals surface area contributed by atoms with Crippen molar-refractivity contribution in [3.05, 3.63) is 59.0 Å². The van der Waals surface area contributed by atoms with E-state index in [4.69, 9.17) is 21.1 Å². The van der Waals surface area contributed by atoms with Crippen LogP contribution in [0.3, 0.4) is 0 Å². The number of fused-ring (bicyclic) bond motifs is 1. The van der Waals surface area contributed by atoms with E-state index in [9.17, 15) is 4.39 Å². The number of rotatable bonds is 4. The molecule has 1 aliphatic rings. The van der Waals surface area contributed by atoms with Crippen LogP contribution in [0.1, 0.15) is 5.69 Å². The van der Waals surface area contributed by atoms with E-state index >= 15 is 0 Å². The molecule has 0 bridgehead atoms. The topological polar surface area (TPSA) is 68.3 Å². The molecule has 3 aromatic rings. The summed E-state index contributed by atoms with van der Waals surface area (Å²) in [6, 6.07) is 11.7. The molecule has 2 N–H and O–H groups in total. The van der Waals surface area contributed by atoms with Gasteiger partial charge in [-0.25, -0.2) is 9.37 Å². The van der Waals surface area contributed by atoms with Crippen LogP contribution in [0.5, 0.6) is 11.5 Å². The highest BCUT2D eigenvalue weighted by atomic mass is 35.5. The van der Waals surface area contributed by atoms with Gasteiger partial charge in [0.1, 0.15) is 11.6 Å². The summed E-state index contributed by atoms with van der Waals surface area (Å²) in [5.74, 6) is 1.88. The second kappa shape index (κ2) is 6.68. The molecule has 2 aromatic carbocycles. The van der Waals surface area contributed by atoms with E-state index in [1.165, 1.54) is 12.1 Å². The summed E-state index contributed by atoms with van der Waals surface area (Å²) in [6.45, 7) is 2.07. The summed E-state index contributed by atoms with van der Waals surface area (Å²) in [7, 11) is 0. The summed E-state index contributed by atoms with van der Waals surface area (Å²) in [5.41, 5.74) is 2.16. The van der Waals surface area contributed by atoms with Gasteiger partial charge in [0.2, 0.25) is 12.7 Å². The van der Waals surface area contributed by atoms with Crippen molar-refractivity contribution >= 4 is 34.7 Å². The first-order valence-electron chi connectivity index (χ1n) is 7.81. The third-order valence-electron chi connectivity index (χ3n) is 3.67. The zero-order valence-corrected chi connectivity index (χ0v) is 14.5. The second-order valence-electron chi connectivity index (χ2n) is 5.67. The van der Waals surface area contributed by atoms with Crippen molar-refractivity contribution in [2.45, 2.75) is 6.92 Å². The highest BCUT2D eigenvalue weighted by Gasteiger charge is 2.14. The normalized spacial score (nSPS) is 12.1. The number of anilines is 4. The molecule has 4 rings (SSSR count). The number of halogens is 2. The molecule has 0 unspecified atom stereocenters.